The van der Waals surface area contributed by atoms with Gasteiger partial charge in [0.15, 0.2) is 6.61 Å². The second kappa shape index (κ2) is 9.20. The third-order valence-electron chi connectivity index (χ3n) is 3.50. The van der Waals surface area contributed by atoms with Crippen LogP contribution in [0.1, 0.15) is 21.5 Å². The molecule has 1 amide bonds. The number of ether oxygens (including phenoxy) is 2. The zero-order valence-electron chi connectivity index (χ0n) is 14.5. The Labute approximate surface area is 156 Å². The molecule has 2 aromatic carbocycles. The van der Waals surface area contributed by atoms with Gasteiger partial charge in [-0.15, -0.1) is 0 Å². The van der Waals surface area contributed by atoms with Gasteiger partial charge in [0, 0.05) is 5.02 Å². The molecule has 0 heterocycles. The predicted octanol–water partition coefficient (Wildman–Crippen LogP) is 3.45. The Morgan fingerprint density at radius 1 is 1.15 bits per heavy atom. The summed E-state index contributed by atoms with van der Waals surface area (Å²) in [6, 6.07) is 9.39. The van der Waals surface area contributed by atoms with Crippen molar-refractivity contribution in [3.05, 3.63) is 63.9 Å². The molecule has 0 saturated heterocycles. The van der Waals surface area contributed by atoms with Gasteiger partial charge in [0.25, 0.3) is 5.91 Å². The average Bonchev–Trinajstić information content (AvgIpc) is 2.58. The van der Waals surface area contributed by atoms with Crippen LogP contribution in [0.25, 0.3) is 0 Å². The standard InChI is InChI=1S/C19H19ClFNO4/c1-12-3-6-17(13(2)9-12)25-8-7-22-18(23)11-26-19(24)15-5-4-14(20)10-16(15)21/h3-6,9-10H,7-8,11H2,1-2H3,(H,22,23). The number of hydrogen-bond acceptors (Lipinski definition) is 4. The molecule has 0 aliphatic rings. The fraction of sp³-hybridized carbons (Fsp3) is 0.263. The van der Waals surface area contributed by atoms with E-state index in [1.54, 1.807) is 0 Å². The molecule has 0 unspecified atom stereocenters. The summed E-state index contributed by atoms with van der Waals surface area (Å²) < 4.78 is 24.0. The van der Waals surface area contributed by atoms with E-state index in [1.807, 2.05) is 32.0 Å². The maximum atomic E-state index is 13.6. The van der Waals surface area contributed by atoms with E-state index in [2.05, 4.69) is 5.32 Å². The largest absolute Gasteiger partial charge is 0.491 e. The summed E-state index contributed by atoms with van der Waals surface area (Å²) in [5.74, 6) is -1.49. The lowest BCUT2D eigenvalue weighted by Gasteiger charge is -2.11. The summed E-state index contributed by atoms with van der Waals surface area (Å²) in [6.07, 6.45) is 0. The van der Waals surface area contributed by atoms with Crippen molar-refractivity contribution < 1.29 is 23.5 Å². The minimum atomic E-state index is -0.930. The molecule has 26 heavy (non-hydrogen) atoms. The van der Waals surface area contributed by atoms with Crippen LogP contribution in [-0.4, -0.2) is 31.6 Å². The highest BCUT2D eigenvalue weighted by Crippen LogP contribution is 2.18. The zero-order chi connectivity index (χ0) is 19.1. The Morgan fingerprint density at radius 2 is 1.92 bits per heavy atom. The lowest BCUT2D eigenvalue weighted by Crippen LogP contribution is -2.32. The summed E-state index contributed by atoms with van der Waals surface area (Å²) in [5.41, 5.74) is 1.87. The van der Waals surface area contributed by atoms with Gasteiger partial charge >= 0.3 is 5.97 Å². The topological polar surface area (TPSA) is 64.6 Å². The molecular weight excluding hydrogens is 361 g/mol. The predicted molar refractivity (Wildman–Crippen MR) is 96.1 cm³/mol. The molecule has 0 aliphatic carbocycles. The number of amides is 1. The van der Waals surface area contributed by atoms with Crippen molar-refractivity contribution in [3.63, 3.8) is 0 Å². The lowest BCUT2D eigenvalue weighted by atomic mass is 10.1. The minimum absolute atomic E-state index is 0.167. The van der Waals surface area contributed by atoms with Crippen LogP contribution < -0.4 is 10.1 Å². The highest BCUT2D eigenvalue weighted by Gasteiger charge is 2.15. The maximum Gasteiger partial charge on any atom is 0.341 e. The van der Waals surface area contributed by atoms with Crippen molar-refractivity contribution in [3.8, 4) is 5.75 Å². The molecule has 7 heteroatoms. The van der Waals surface area contributed by atoms with Crippen molar-refractivity contribution in [2.75, 3.05) is 19.8 Å². The van der Waals surface area contributed by atoms with Crippen LogP contribution in [0.4, 0.5) is 4.39 Å². The highest BCUT2D eigenvalue weighted by atomic mass is 35.5. The number of halogens is 2. The van der Waals surface area contributed by atoms with E-state index in [9.17, 15) is 14.0 Å². The van der Waals surface area contributed by atoms with Gasteiger partial charge in [-0.05, 0) is 43.7 Å². The smallest absolute Gasteiger partial charge is 0.341 e. The van der Waals surface area contributed by atoms with Gasteiger partial charge in [0.2, 0.25) is 0 Å². The normalized spacial score (nSPS) is 10.3. The number of hydrogen-bond donors (Lipinski definition) is 1. The Hall–Kier alpha value is -2.60. The van der Waals surface area contributed by atoms with Crippen molar-refractivity contribution in [2.24, 2.45) is 0 Å². The van der Waals surface area contributed by atoms with E-state index >= 15 is 0 Å². The molecule has 2 aromatic rings. The fourth-order valence-corrected chi connectivity index (χ4v) is 2.39. The monoisotopic (exact) mass is 379 g/mol. The first kappa shape index (κ1) is 19.7. The van der Waals surface area contributed by atoms with Gasteiger partial charge in [-0.25, -0.2) is 9.18 Å². The first-order valence-corrected chi connectivity index (χ1v) is 8.33. The minimum Gasteiger partial charge on any atom is -0.491 e. The Bertz CT molecular complexity index is 810. The summed E-state index contributed by atoms with van der Waals surface area (Å²) in [5, 5.41) is 2.73. The number of carbonyl (C=O) groups excluding carboxylic acids is 2. The van der Waals surface area contributed by atoms with Gasteiger partial charge in [-0.3, -0.25) is 4.79 Å². The van der Waals surface area contributed by atoms with Crippen LogP contribution in [0.3, 0.4) is 0 Å². The third-order valence-corrected chi connectivity index (χ3v) is 3.73. The summed E-state index contributed by atoms with van der Waals surface area (Å²) >= 11 is 5.61. The van der Waals surface area contributed by atoms with Crippen LogP contribution in [0, 0.1) is 19.7 Å². The molecule has 1 N–H and O–H groups in total. The number of rotatable bonds is 7. The quantitative estimate of drug-likeness (QED) is 0.591. The van der Waals surface area contributed by atoms with Gasteiger partial charge in [0.05, 0.1) is 12.1 Å². The van der Waals surface area contributed by atoms with Crippen LogP contribution >= 0.6 is 11.6 Å². The van der Waals surface area contributed by atoms with Gasteiger partial charge in [-0.1, -0.05) is 29.3 Å². The average molecular weight is 380 g/mol. The Morgan fingerprint density at radius 3 is 2.62 bits per heavy atom. The summed E-state index contributed by atoms with van der Waals surface area (Å²) in [7, 11) is 0. The van der Waals surface area contributed by atoms with Crippen molar-refractivity contribution in [1.29, 1.82) is 0 Å². The van der Waals surface area contributed by atoms with E-state index < -0.39 is 24.3 Å². The molecule has 0 fully saturated rings. The number of aryl methyl sites for hydroxylation is 2. The zero-order valence-corrected chi connectivity index (χ0v) is 15.2. The molecule has 138 valence electrons. The highest BCUT2D eigenvalue weighted by molar-refractivity contribution is 6.30. The number of benzene rings is 2. The Kier molecular flexibility index (Phi) is 6.97. The summed E-state index contributed by atoms with van der Waals surface area (Å²) in [4.78, 5) is 23.4. The fourth-order valence-electron chi connectivity index (χ4n) is 2.23. The maximum absolute atomic E-state index is 13.6. The molecule has 5 nitrogen and oxygen atoms in total. The van der Waals surface area contributed by atoms with E-state index in [0.29, 0.717) is 0 Å². The van der Waals surface area contributed by atoms with Gasteiger partial charge < -0.3 is 14.8 Å². The van der Waals surface area contributed by atoms with Gasteiger partial charge in [-0.2, -0.15) is 0 Å². The second-order valence-electron chi connectivity index (χ2n) is 5.67. The molecule has 0 atom stereocenters. The van der Waals surface area contributed by atoms with Crippen LogP contribution in [-0.2, 0) is 9.53 Å². The first-order chi connectivity index (χ1) is 12.4. The first-order valence-electron chi connectivity index (χ1n) is 7.95. The van der Waals surface area contributed by atoms with Crippen LogP contribution in [0.5, 0.6) is 5.75 Å². The van der Waals surface area contributed by atoms with Crippen LogP contribution in [0.15, 0.2) is 36.4 Å². The molecule has 0 bridgehead atoms. The van der Waals surface area contributed by atoms with Crippen LogP contribution in [0.2, 0.25) is 5.02 Å². The van der Waals surface area contributed by atoms with Gasteiger partial charge in [0.1, 0.15) is 18.2 Å². The van der Waals surface area contributed by atoms with E-state index in [0.717, 1.165) is 22.9 Å². The van der Waals surface area contributed by atoms with Crippen molar-refractivity contribution in [2.45, 2.75) is 13.8 Å². The van der Waals surface area contributed by atoms with E-state index in [1.165, 1.54) is 12.1 Å². The molecule has 0 saturated carbocycles. The van der Waals surface area contributed by atoms with Crippen molar-refractivity contribution in [1.82, 2.24) is 5.32 Å². The summed E-state index contributed by atoms with van der Waals surface area (Å²) in [6.45, 7) is 3.95. The lowest BCUT2D eigenvalue weighted by molar-refractivity contribution is -0.124. The number of esters is 1. The number of carbonyl (C=O) groups is 2. The third kappa shape index (κ3) is 5.74. The van der Waals surface area contributed by atoms with E-state index in [-0.39, 0.29) is 23.7 Å². The molecule has 0 aliphatic heterocycles. The Balaban J connectivity index is 1.71. The molecule has 0 radical (unpaired) electrons. The molecular formula is C19H19ClFNO4. The molecule has 2 rings (SSSR count). The second-order valence-corrected chi connectivity index (χ2v) is 6.10. The van der Waals surface area contributed by atoms with Crippen molar-refractivity contribution >= 4 is 23.5 Å². The molecule has 0 spiro atoms. The SMILES string of the molecule is Cc1ccc(OCCNC(=O)COC(=O)c2ccc(Cl)cc2F)c(C)c1. The van der Waals surface area contributed by atoms with E-state index in [4.69, 9.17) is 21.1 Å². The molecule has 0 aromatic heterocycles. The number of nitrogens with one attached hydrogen (secondary N) is 1.